The highest BCUT2D eigenvalue weighted by atomic mass is 16.5. The normalized spacial score (nSPS) is 41.5. The van der Waals surface area contributed by atoms with Crippen molar-refractivity contribution in [3.8, 4) is 0 Å². The average molecular weight is 392 g/mol. The third-order valence-electron chi connectivity index (χ3n) is 6.44. The molecule has 0 unspecified atom stereocenters. The Morgan fingerprint density at radius 2 is 2.04 bits per heavy atom. The predicted molar refractivity (Wildman–Crippen MR) is 104 cm³/mol. The number of allylic oxidation sites excluding steroid dienone is 1. The summed E-state index contributed by atoms with van der Waals surface area (Å²) in [6.45, 7) is 7.66. The molecule has 4 aliphatic heterocycles. The van der Waals surface area contributed by atoms with Gasteiger partial charge in [0.05, 0.1) is 29.3 Å². The summed E-state index contributed by atoms with van der Waals surface area (Å²) >= 11 is 0. The number of carbonyl (C=O) groups excluding carboxylic acids is 2. The van der Waals surface area contributed by atoms with Gasteiger partial charge in [0.25, 0.3) is 0 Å². The van der Waals surface area contributed by atoms with Gasteiger partial charge in [-0.25, -0.2) is 4.79 Å². The fourth-order valence-corrected chi connectivity index (χ4v) is 4.88. The Labute approximate surface area is 166 Å². The van der Waals surface area contributed by atoms with E-state index in [1.807, 2.05) is 20.8 Å². The smallest absolute Gasteiger partial charge is 0.337 e. The van der Waals surface area contributed by atoms with E-state index >= 15 is 0 Å². The molecule has 6 atom stereocenters. The fraction of sp³-hybridized carbons (Fsp3) is 0.727. The van der Waals surface area contributed by atoms with Crippen molar-refractivity contribution >= 4 is 11.8 Å². The molecule has 0 spiro atoms. The third kappa shape index (κ3) is 4.03. The minimum absolute atomic E-state index is 0.00158. The Morgan fingerprint density at radius 1 is 1.32 bits per heavy atom. The molecule has 0 saturated carbocycles. The number of aliphatic hydroxyl groups excluding tert-OH is 2. The summed E-state index contributed by atoms with van der Waals surface area (Å²) in [5, 5.41) is 21.5. The number of hydrogen-bond donors (Lipinski definition) is 2. The number of hydrogen-bond acceptors (Lipinski definition) is 6. The molecule has 1 fully saturated rings. The van der Waals surface area contributed by atoms with Crippen LogP contribution in [0.3, 0.4) is 0 Å². The van der Waals surface area contributed by atoms with Crippen LogP contribution >= 0.6 is 0 Å². The Hall–Kier alpha value is -1.66. The third-order valence-corrected chi connectivity index (χ3v) is 6.44. The zero-order chi connectivity index (χ0) is 20.6. The second-order valence-electron chi connectivity index (χ2n) is 8.88. The van der Waals surface area contributed by atoms with E-state index in [2.05, 4.69) is 0 Å². The molecule has 4 bridgehead atoms. The SMILES string of the molecule is CCC[C@@H]1C(O)=C2CC[C@]3(C)C[C@@H](C)[C@H](O3)[C@@H](O)/C=C(/C)C(=O)C[C@@H]1OC2=O. The predicted octanol–water partition coefficient (Wildman–Crippen LogP) is 3.38. The first kappa shape index (κ1) is 21.1. The van der Waals surface area contributed by atoms with Gasteiger partial charge in [0.2, 0.25) is 0 Å². The van der Waals surface area contributed by atoms with E-state index in [4.69, 9.17) is 9.47 Å². The van der Waals surface area contributed by atoms with Crippen LogP contribution in [-0.4, -0.2) is 45.9 Å². The van der Waals surface area contributed by atoms with Gasteiger partial charge in [-0.05, 0) is 57.1 Å². The lowest BCUT2D eigenvalue weighted by molar-refractivity contribution is -0.152. The van der Waals surface area contributed by atoms with Gasteiger partial charge in [-0.3, -0.25) is 4.79 Å². The van der Waals surface area contributed by atoms with Gasteiger partial charge >= 0.3 is 5.97 Å². The van der Waals surface area contributed by atoms with E-state index in [1.54, 1.807) is 13.0 Å². The molecular weight excluding hydrogens is 360 g/mol. The van der Waals surface area contributed by atoms with E-state index in [9.17, 15) is 19.8 Å². The molecule has 4 rings (SSSR count). The van der Waals surface area contributed by atoms with Crippen LogP contribution in [0.15, 0.2) is 23.0 Å². The topological polar surface area (TPSA) is 93.1 Å². The molecule has 0 aromatic rings. The van der Waals surface area contributed by atoms with E-state index in [-0.39, 0.29) is 29.8 Å². The lowest BCUT2D eigenvalue weighted by atomic mass is 9.84. The Balaban J connectivity index is 2.01. The molecule has 2 N–H and O–H groups in total. The Kier molecular flexibility index (Phi) is 6.01. The lowest BCUT2D eigenvalue weighted by Gasteiger charge is -2.33. The van der Waals surface area contributed by atoms with Crippen molar-refractivity contribution in [2.75, 3.05) is 0 Å². The highest BCUT2D eigenvalue weighted by Crippen LogP contribution is 2.42. The molecule has 0 amide bonds. The highest BCUT2D eigenvalue weighted by molar-refractivity contribution is 5.96. The molecule has 0 radical (unpaired) electrons. The first-order valence-corrected chi connectivity index (χ1v) is 10.4. The molecular formula is C22H32O6. The number of rotatable bonds is 2. The van der Waals surface area contributed by atoms with Crippen molar-refractivity contribution in [3.63, 3.8) is 0 Å². The number of esters is 1. The maximum atomic E-state index is 12.7. The highest BCUT2D eigenvalue weighted by Gasteiger charge is 2.45. The zero-order valence-corrected chi connectivity index (χ0v) is 17.2. The van der Waals surface area contributed by atoms with E-state index in [0.29, 0.717) is 30.4 Å². The van der Waals surface area contributed by atoms with Gasteiger partial charge in [0.15, 0.2) is 5.78 Å². The number of ether oxygens (including phenoxy) is 2. The quantitative estimate of drug-likeness (QED) is 0.700. The van der Waals surface area contributed by atoms with Crippen molar-refractivity contribution in [3.05, 3.63) is 23.0 Å². The van der Waals surface area contributed by atoms with Gasteiger partial charge in [0.1, 0.15) is 11.9 Å². The van der Waals surface area contributed by atoms with E-state index in [0.717, 1.165) is 12.8 Å². The summed E-state index contributed by atoms with van der Waals surface area (Å²) in [7, 11) is 0. The minimum atomic E-state index is -0.859. The average Bonchev–Trinajstić information content (AvgIpc) is 2.92. The second-order valence-corrected chi connectivity index (χ2v) is 8.88. The largest absolute Gasteiger partial charge is 0.511 e. The number of carbonyl (C=O) groups is 2. The fourth-order valence-electron chi connectivity index (χ4n) is 4.88. The molecule has 6 nitrogen and oxygen atoms in total. The molecule has 28 heavy (non-hydrogen) atoms. The monoisotopic (exact) mass is 392 g/mol. The first-order valence-electron chi connectivity index (χ1n) is 10.4. The number of aliphatic hydroxyl groups is 2. The maximum Gasteiger partial charge on any atom is 0.337 e. The van der Waals surface area contributed by atoms with Crippen molar-refractivity contribution in [1.82, 2.24) is 0 Å². The van der Waals surface area contributed by atoms with Crippen molar-refractivity contribution < 1.29 is 29.3 Å². The molecule has 6 heteroatoms. The summed E-state index contributed by atoms with van der Waals surface area (Å²) in [5.41, 5.74) is 0.216. The molecule has 1 saturated heterocycles. The number of fused-ring (bicyclic) bond motifs is 6. The first-order chi connectivity index (χ1) is 13.1. The molecule has 0 aromatic carbocycles. The van der Waals surface area contributed by atoms with Crippen molar-refractivity contribution in [2.24, 2.45) is 11.8 Å². The summed E-state index contributed by atoms with van der Waals surface area (Å²) in [6.07, 6.45) is 2.72. The van der Waals surface area contributed by atoms with E-state index < -0.39 is 29.9 Å². The van der Waals surface area contributed by atoms with Gasteiger partial charge in [0, 0.05) is 6.42 Å². The van der Waals surface area contributed by atoms with Gasteiger partial charge in [-0.1, -0.05) is 20.3 Å². The summed E-state index contributed by atoms with van der Waals surface area (Å²) in [5.74, 6) is -0.915. The van der Waals surface area contributed by atoms with Gasteiger partial charge in [-0.15, -0.1) is 0 Å². The van der Waals surface area contributed by atoms with Crippen LogP contribution in [0.4, 0.5) is 0 Å². The van der Waals surface area contributed by atoms with Crippen LogP contribution in [0.25, 0.3) is 0 Å². The van der Waals surface area contributed by atoms with Gasteiger partial charge in [-0.2, -0.15) is 0 Å². The molecule has 0 aromatic heterocycles. The van der Waals surface area contributed by atoms with Gasteiger partial charge < -0.3 is 19.7 Å². The summed E-state index contributed by atoms with van der Waals surface area (Å²) < 4.78 is 11.8. The molecule has 4 heterocycles. The standard InChI is InChI=1S/C22H32O6/c1-5-6-14-18-10-16(23)12(2)9-17(24)20-13(3)11-22(4,28-20)8-7-15(19(14)25)21(26)27-18/h9,13-14,17-18,20,24-25H,5-8,10-11H2,1-4H3/b12-9-/t13-,14+,17+,18+,20+,22-/m1/s1. The number of ketones is 1. The van der Waals surface area contributed by atoms with Crippen LogP contribution in [0.1, 0.15) is 66.2 Å². The summed E-state index contributed by atoms with van der Waals surface area (Å²) in [6, 6.07) is 0. The van der Waals surface area contributed by atoms with Crippen molar-refractivity contribution in [2.45, 2.75) is 90.1 Å². The molecule has 0 aliphatic carbocycles. The van der Waals surface area contributed by atoms with Crippen LogP contribution in [0, 0.1) is 11.8 Å². The molecule has 4 aliphatic rings. The zero-order valence-electron chi connectivity index (χ0n) is 17.2. The lowest BCUT2D eigenvalue weighted by Crippen LogP contribution is -2.38. The van der Waals surface area contributed by atoms with Crippen molar-refractivity contribution in [1.29, 1.82) is 0 Å². The van der Waals surface area contributed by atoms with Crippen LogP contribution in [0.2, 0.25) is 0 Å². The minimum Gasteiger partial charge on any atom is -0.511 e. The van der Waals surface area contributed by atoms with Crippen LogP contribution in [0.5, 0.6) is 0 Å². The van der Waals surface area contributed by atoms with Crippen LogP contribution < -0.4 is 0 Å². The Bertz CT molecular complexity index is 708. The Morgan fingerprint density at radius 3 is 2.71 bits per heavy atom. The van der Waals surface area contributed by atoms with E-state index in [1.165, 1.54) is 0 Å². The number of Topliss-reactive ketones (excluding diaryl/α,β-unsaturated/α-hetero) is 1. The molecule has 156 valence electrons. The maximum absolute atomic E-state index is 12.7. The van der Waals surface area contributed by atoms with Crippen LogP contribution in [-0.2, 0) is 19.1 Å². The second kappa shape index (κ2) is 7.99. The summed E-state index contributed by atoms with van der Waals surface area (Å²) in [4.78, 5) is 25.3.